The molecule has 22 heavy (non-hydrogen) atoms. The summed E-state index contributed by atoms with van der Waals surface area (Å²) in [4.78, 5) is 11.9. The van der Waals surface area contributed by atoms with Gasteiger partial charge >= 0.3 is 6.03 Å². The van der Waals surface area contributed by atoms with Gasteiger partial charge in [-0.05, 0) is 29.9 Å². The molecule has 2 aromatic rings. The zero-order valence-corrected chi connectivity index (χ0v) is 13.9. The number of thioether (sulfide) groups is 1. The number of nitrogens with one attached hydrogen (secondary N) is 2. The summed E-state index contributed by atoms with van der Waals surface area (Å²) in [5.41, 5.74) is 2.86. The minimum atomic E-state index is -0.260. The van der Waals surface area contributed by atoms with Gasteiger partial charge in [-0.1, -0.05) is 31.1 Å². The molecular formula is C16H21N3O2S. The van der Waals surface area contributed by atoms with Gasteiger partial charge in [0.25, 0.3) is 0 Å². The van der Waals surface area contributed by atoms with Gasteiger partial charge < -0.3 is 15.2 Å². The van der Waals surface area contributed by atoms with Crippen molar-refractivity contribution in [2.45, 2.75) is 32.1 Å². The van der Waals surface area contributed by atoms with Crippen LogP contribution in [-0.4, -0.2) is 17.4 Å². The third-order valence-corrected chi connectivity index (χ3v) is 3.71. The number of carbonyl (C=O) groups excluding carboxylic acids is 1. The SMILES string of the molecule is CSCc1cccc(NC(=O)NCc2cc(C(C)C)no2)c1. The van der Waals surface area contributed by atoms with Crippen LogP contribution in [0.4, 0.5) is 10.5 Å². The first-order valence-electron chi connectivity index (χ1n) is 7.16. The summed E-state index contributed by atoms with van der Waals surface area (Å²) >= 11 is 1.75. The number of aromatic nitrogens is 1. The molecule has 2 N–H and O–H groups in total. The van der Waals surface area contributed by atoms with E-state index in [9.17, 15) is 4.79 Å². The summed E-state index contributed by atoms with van der Waals surface area (Å²) in [6.07, 6.45) is 2.05. The van der Waals surface area contributed by atoms with E-state index in [0.29, 0.717) is 18.2 Å². The van der Waals surface area contributed by atoms with Crippen LogP contribution >= 0.6 is 11.8 Å². The van der Waals surface area contributed by atoms with E-state index in [4.69, 9.17) is 4.52 Å². The molecule has 2 rings (SSSR count). The molecule has 0 saturated carbocycles. The van der Waals surface area contributed by atoms with Gasteiger partial charge in [-0.25, -0.2) is 4.79 Å². The molecule has 0 bridgehead atoms. The van der Waals surface area contributed by atoms with E-state index in [1.165, 1.54) is 5.56 Å². The predicted octanol–water partition coefficient (Wildman–Crippen LogP) is 3.98. The average Bonchev–Trinajstić information content (AvgIpc) is 2.95. The summed E-state index contributed by atoms with van der Waals surface area (Å²) in [6, 6.07) is 9.43. The van der Waals surface area contributed by atoms with E-state index < -0.39 is 0 Å². The molecule has 0 aliphatic carbocycles. The normalized spacial score (nSPS) is 10.7. The standard InChI is InChI=1S/C16H21N3O2S/c1-11(2)15-8-14(21-19-15)9-17-16(20)18-13-6-4-5-12(7-13)10-22-3/h4-8,11H,9-10H2,1-3H3,(H2,17,18,20). The van der Waals surface area contributed by atoms with Crippen LogP contribution in [0.2, 0.25) is 0 Å². The maximum absolute atomic E-state index is 11.9. The lowest BCUT2D eigenvalue weighted by atomic mass is 10.1. The summed E-state index contributed by atoms with van der Waals surface area (Å²) in [5, 5.41) is 9.54. The van der Waals surface area contributed by atoms with Crippen molar-refractivity contribution < 1.29 is 9.32 Å². The van der Waals surface area contributed by atoms with Gasteiger partial charge in [0.1, 0.15) is 0 Å². The number of rotatable bonds is 6. The van der Waals surface area contributed by atoms with Gasteiger partial charge in [-0.15, -0.1) is 0 Å². The summed E-state index contributed by atoms with van der Waals surface area (Å²) in [7, 11) is 0. The summed E-state index contributed by atoms with van der Waals surface area (Å²) in [5.74, 6) is 1.88. The number of benzene rings is 1. The molecule has 6 heteroatoms. The minimum Gasteiger partial charge on any atom is -0.359 e. The van der Waals surface area contributed by atoms with Crippen LogP contribution in [-0.2, 0) is 12.3 Å². The Labute approximate surface area is 134 Å². The molecule has 0 atom stereocenters. The van der Waals surface area contributed by atoms with Crippen molar-refractivity contribution in [2.75, 3.05) is 11.6 Å². The first kappa shape index (κ1) is 16.4. The van der Waals surface area contributed by atoms with Crippen LogP contribution in [0.1, 0.15) is 36.8 Å². The second-order valence-electron chi connectivity index (χ2n) is 5.31. The molecule has 118 valence electrons. The molecule has 0 spiro atoms. The van der Waals surface area contributed by atoms with Gasteiger partial charge in [0.15, 0.2) is 5.76 Å². The second kappa shape index (κ2) is 7.89. The van der Waals surface area contributed by atoms with Crippen LogP contribution in [0.25, 0.3) is 0 Å². The van der Waals surface area contributed by atoms with Crippen LogP contribution in [0.5, 0.6) is 0 Å². The molecule has 0 aliphatic rings. The lowest BCUT2D eigenvalue weighted by molar-refractivity contribution is 0.250. The van der Waals surface area contributed by atoms with Crippen molar-refractivity contribution in [3.8, 4) is 0 Å². The molecule has 1 aromatic heterocycles. The quantitative estimate of drug-likeness (QED) is 0.845. The van der Waals surface area contributed by atoms with Gasteiger partial charge in [-0.2, -0.15) is 11.8 Å². The molecule has 0 saturated heterocycles. The minimum absolute atomic E-state index is 0.260. The van der Waals surface area contributed by atoms with Crippen molar-refractivity contribution >= 4 is 23.5 Å². The third-order valence-electron chi connectivity index (χ3n) is 3.09. The molecule has 0 unspecified atom stereocenters. The maximum atomic E-state index is 11.9. The lowest BCUT2D eigenvalue weighted by Crippen LogP contribution is -2.28. The second-order valence-corrected chi connectivity index (χ2v) is 6.18. The Bertz CT molecular complexity index is 625. The zero-order chi connectivity index (χ0) is 15.9. The van der Waals surface area contributed by atoms with Gasteiger partial charge in [0.05, 0.1) is 12.2 Å². The molecule has 0 radical (unpaired) electrons. The number of amides is 2. The van der Waals surface area contributed by atoms with Gasteiger partial charge in [0.2, 0.25) is 0 Å². The van der Waals surface area contributed by atoms with Gasteiger partial charge in [0, 0.05) is 17.5 Å². The monoisotopic (exact) mass is 319 g/mol. The van der Waals surface area contributed by atoms with E-state index in [1.54, 1.807) is 11.8 Å². The molecule has 1 aromatic carbocycles. The fourth-order valence-electron chi connectivity index (χ4n) is 1.93. The highest BCUT2D eigenvalue weighted by Gasteiger charge is 2.09. The van der Waals surface area contributed by atoms with Crippen molar-refractivity contribution in [2.24, 2.45) is 0 Å². The zero-order valence-electron chi connectivity index (χ0n) is 13.1. The maximum Gasteiger partial charge on any atom is 0.319 e. The van der Waals surface area contributed by atoms with E-state index in [0.717, 1.165) is 17.1 Å². The largest absolute Gasteiger partial charge is 0.359 e. The van der Waals surface area contributed by atoms with Crippen LogP contribution in [0.15, 0.2) is 34.9 Å². The Balaban J connectivity index is 1.85. The van der Waals surface area contributed by atoms with Crippen LogP contribution < -0.4 is 10.6 Å². The fraction of sp³-hybridized carbons (Fsp3) is 0.375. The van der Waals surface area contributed by atoms with Crippen LogP contribution in [0, 0.1) is 0 Å². The lowest BCUT2D eigenvalue weighted by Gasteiger charge is -2.07. The Kier molecular flexibility index (Phi) is 5.89. The topological polar surface area (TPSA) is 67.2 Å². The molecule has 1 heterocycles. The molecule has 0 aliphatic heterocycles. The number of carbonyl (C=O) groups is 1. The predicted molar refractivity (Wildman–Crippen MR) is 90.1 cm³/mol. The Morgan fingerprint density at radius 3 is 2.86 bits per heavy atom. The van der Waals surface area contributed by atoms with E-state index in [2.05, 4.69) is 22.0 Å². The van der Waals surface area contributed by atoms with Crippen molar-refractivity contribution in [1.29, 1.82) is 0 Å². The number of anilines is 1. The molecule has 0 fully saturated rings. The van der Waals surface area contributed by atoms with Crippen molar-refractivity contribution in [3.05, 3.63) is 47.3 Å². The number of urea groups is 1. The van der Waals surface area contributed by atoms with E-state index in [-0.39, 0.29) is 6.03 Å². The summed E-state index contributed by atoms with van der Waals surface area (Å²) < 4.78 is 5.18. The third kappa shape index (κ3) is 4.80. The number of hydrogen-bond acceptors (Lipinski definition) is 4. The highest BCUT2D eigenvalue weighted by atomic mass is 32.2. The van der Waals surface area contributed by atoms with Crippen LogP contribution in [0.3, 0.4) is 0 Å². The Hall–Kier alpha value is -1.95. The fourth-order valence-corrected chi connectivity index (χ4v) is 2.45. The van der Waals surface area contributed by atoms with Gasteiger partial charge in [-0.3, -0.25) is 0 Å². The highest BCUT2D eigenvalue weighted by molar-refractivity contribution is 7.97. The highest BCUT2D eigenvalue weighted by Crippen LogP contribution is 2.15. The first-order chi connectivity index (χ1) is 10.6. The van der Waals surface area contributed by atoms with Crippen molar-refractivity contribution in [3.63, 3.8) is 0 Å². The Morgan fingerprint density at radius 2 is 2.18 bits per heavy atom. The molecule has 5 nitrogen and oxygen atoms in total. The number of nitrogens with zero attached hydrogens (tertiary/aromatic N) is 1. The Morgan fingerprint density at radius 1 is 1.36 bits per heavy atom. The summed E-state index contributed by atoms with van der Waals surface area (Å²) in [6.45, 7) is 4.41. The first-order valence-corrected chi connectivity index (χ1v) is 8.56. The van der Waals surface area contributed by atoms with E-state index >= 15 is 0 Å². The number of hydrogen-bond donors (Lipinski definition) is 2. The molecular weight excluding hydrogens is 298 g/mol. The van der Waals surface area contributed by atoms with Crippen molar-refractivity contribution in [1.82, 2.24) is 10.5 Å². The smallest absolute Gasteiger partial charge is 0.319 e. The van der Waals surface area contributed by atoms with E-state index in [1.807, 2.05) is 44.2 Å². The molecule has 2 amide bonds. The average molecular weight is 319 g/mol.